The first-order valence-electron chi connectivity index (χ1n) is 8.76. The van der Waals surface area contributed by atoms with E-state index >= 15 is 0 Å². The molecule has 0 spiro atoms. The highest BCUT2D eigenvalue weighted by Crippen LogP contribution is 2.75. The van der Waals surface area contributed by atoms with Gasteiger partial charge in [0.05, 0.1) is 11.4 Å². The van der Waals surface area contributed by atoms with Crippen molar-refractivity contribution in [2.45, 2.75) is 4.90 Å². The molecule has 1 unspecified atom stereocenters. The Morgan fingerprint density at radius 3 is 1.85 bits per heavy atom. The summed E-state index contributed by atoms with van der Waals surface area (Å²) in [6.07, 6.45) is 2.37. The molecular formula is C23H20N2S. The molecule has 1 atom stereocenters. The van der Waals surface area contributed by atoms with Crippen LogP contribution >= 0.6 is 10.4 Å². The van der Waals surface area contributed by atoms with Gasteiger partial charge in [-0.1, -0.05) is 66.7 Å². The fourth-order valence-electron chi connectivity index (χ4n) is 3.58. The van der Waals surface area contributed by atoms with Crippen LogP contribution in [0.1, 0.15) is 0 Å². The third-order valence-corrected chi connectivity index (χ3v) is 8.05. The smallest absolute Gasteiger partial charge is 0.0723 e. The molecule has 1 heterocycles. The maximum atomic E-state index is 2.46. The zero-order chi connectivity index (χ0) is 17.6. The molecule has 4 aromatic carbocycles. The Morgan fingerprint density at radius 2 is 1.12 bits per heavy atom. The third kappa shape index (κ3) is 2.28. The summed E-state index contributed by atoms with van der Waals surface area (Å²) >= 11 is 0. The average Bonchev–Trinajstić information content (AvgIpc) is 3.36. The van der Waals surface area contributed by atoms with Gasteiger partial charge < -0.3 is 0 Å². The van der Waals surface area contributed by atoms with Crippen molar-refractivity contribution in [3.05, 3.63) is 103 Å². The van der Waals surface area contributed by atoms with E-state index in [1.807, 2.05) is 0 Å². The second-order valence-electron chi connectivity index (χ2n) is 6.56. The molecule has 4 aromatic rings. The van der Waals surface area contributed by atoms with Gasteiger partial charge >= 0.3 is 0 Å². The first-order valence-corrected chi connectivity index (χ1v) is 10.7. The first kappa shape index (κ1) is 15.4. The van der Waals surface area contributed by atoms with E-state index in [0.29, 0.717) is 0 Å². The van der Waals surface area contributed by atoms with Crippen LogP contribution in [0, 0.1) is 0 Å². The lowest BCUT2D eigenvalue weighted by Gasteiger charge is -2.14. The lowest BCUT2D eigenvalue weighted by atomic mass is 10.1. The van der Waals surface area contributed by atoms with Crippen LogP contribution in [0.2, 0.25) is 0 Å². The van der Waals surface area contributed by atoms with E-state index in [1.54, 1.807) is 0 Å². The number of hydrogen-bond acceptors (Lipinski definition) is 2. The molecule has 3 heteroatoms. The Hall–Kier alpha value is -2.91. The van der Waals surface area contributed by atoms with Crippen molar-refractivity contribution in [2.24, 2.45) is 0 Å². The lowest BCUT2D eigenvalue weighted by Crippen LogP contribution is -2.03. The van der Waals surface area contributed by atoms with Gasteiger partial charge in [-0.3, -0.25) is 0 Å². The Bertz CT molecular complexity index is 1070. The Morgan fingerprint density at radius 1 is 0.538 bits per heavy atom. The third-order valence-electron chi connectivity index (χ3n) is 4.93. The van der Waals surface area contributed by atoms with Crippen molar-refractivity contribution in [3.8, 4) is 0 Å². The van der Waals surface area contributed by atoms with Crippen LogP contribution in [0.25, 0.3) is 10.8 Å². The monoisotopic (exact) mass is 356 g/mol. The number of fused-ring (bicyclic) bond motifs is 1. The van der Waals surface area contributed by atoms with Crippen molar-refractivity contribution in [3.63, 3.8) is 0 Å². The summed E-state index contributed by atoms with van der Waals surface area (Å²) in [7, 11) is -1.24. The summed E-state index contributed by atoms with van der Waals surface area (Å²) in [5.74, 6) is 0. The van der Waals surface area contributed by atoms with Gasteiger partial charge in [0.15, 0.2) is 0 Å². The molecule has 0 bridgehead atoms. The van der Waals surface area contributed by atoms with Crippen molar-refractivity contribution >= 4 is 32.5 Å². The van der Waals surface area contributed by atoms with Gasteiger partial charge in [0.2, 0.25) is 0 Å². The van der Waals surface area contributed by atoms with Gasteiger partial charge in [-0.05, 0) is 57.6 Å². The molecule has 1 saturated heterocycles. The van der Waals surface area contributed by atoms with E-state index in [9.17, 15) is 0 Å². The minimum absolute atomic E-state index is 1.24. The van der Waals surface area contributed by atoms with Crippen molar-refractivity contribution in [1.82, 2.24) is 0 Å². The molecule has 128 valence electrons. The minimum Gasteiger partial charge on any atom is -0.213 e. The van der Waals surface area contributed by atoms with Crippen LogP contribution in [0.4, 0.5) is 11.4 Å². The minimum atomic E-state index is -1.24. The van der Waals surface area contributed by atoms with Gasteiger partial charge in [0.1, 0.15) is 0 Å². The van der Waals surface area contributed by atoms with Crippen LogP contribution in [0.5, 0.6) is 0 Å². The summed E-state index contributed by atoms with van der Waals surface area (Å²) < 4.78 is 4.91. The van der Waals surface area contributed by atoms with E-state index in [1.165, 1.54) is 27.0 Å². The summed E-state index contributed by atoms with van der Waals surface area (Å²) in [5, 5.41) is 2.56. The second kappa shape index (κ2) is 5.82. The van der Waals surface area contributed by atoms with Crippen LogP contribution < -0.4 is 8.83 Å². The molecule has 0 saturated carbocycles. The predicted octanol–water partition coefficient (Wildman–Crippen LogP) is 6.40. The fourth-order valence-corrected chi connectivity index (χ4v) is 6.65. The normalized spacial score (nSPS) is 21.4. The Balaban J connectivity index is 1.65. The molecule has 0 N–H and O–H groups in total. The number of anilines is 2. The number of rotatable bonds is 3. The van der Waals surface area contributed by atoms with Crippen LogP contribution in [0.15, 0.2) is 108 Å². The molecule has 26 heavy (non-hydrogen) atoms. The summed E-state index contributed by atoms with van der Waals surface area (Å²) in [6, 6.07) is 36.8. The zero-order valence-electron chi connectivity index (χ0n) is 14.6. The average molecular weight is 356 g/mol. The highest BCUT2D eigenvalue weighted by molar-refractivity contribution is 8.41. The van der Waals surface area contributed by atoms with Gasteiger partial charge in [0, 0.05) is 11.2 Å². The van der Waals surface area contributed by atoms with Gasteiger partial charge in [-0.15, -0.1) is 0 Å². The SMILES string of the molecule is CS1(c2ccccc2)N(c2ccccc2)N1c1ccc2ccccc2c1. The Kier molecular flexibility index (Phi) is 3.44. The van der Waals surface area contributed by atoms with Crippen LogP contribution in [-0.2, 0) is 0 Å². The molecule has 0 aromatic heterocycles. The lowest BCUT2D eigenvalue weighted by molar-refractivity contribution is 1.30. The first-order chi connectivity index (χ1) is 12.8. The molecule has 5 rings (SSSR count). The van der Waals surface area contributed by atoms with E-state index in [-0.39, 0.29) is 0 Å². The Labute approximate surface area is 155 Å². The molecule has 0 aliphatic carbocycles. The van der Waals surface area contributed by atoms with Crippen molar-refractivity contribution < 1.29 is 0 Å². The van der Waals surface area contributed by atoms with Crippen LogP contribution in [-0.4, -0.2) is 6.26 Å². The predicted molar refractivity (Wildman–Crippen MR) is 114 cm³/mol. The number of hydrazine groups is 1. The molecule has 0 radical (unpaired) electrons. The zero-order valence-corrected chi connectivity index (χ0v) is 15.4. The van der Waals surface area contributed by atoms with Crippen LogP contribution in [0.3, 0.4) is 0 Å². The quantitative estimate of drug-likeness (QED) is 0.391. The highest BCUT2D eigenvalue weighted by atomic mass is 32.3. The molecular weight excluding hydrogens is 336 g/mol. The molecule has 2 nitrogen and oxygen atoms in total. The molecule has 1 fully saturated rings. The summed E-state index contributed by atoms with van der Waals surface area (Å²) in [4.78, 5) is 1.37. The van der Waals surface area contributed by atoms with Crippen molar-refractivity contribution in [1.29, 1.82) is 0 Å². The maximum absolute atomic E-state index is 2.46. The van der Waals surface area contributed by atoms with Gasteiger partial charge in [0.25, 0.3) is 0 Å². The topological polar surface area (TPSA) is 6.02 Å². The van der Waals surface area contributed by atoms with Crippen molar-refractivity contribution in [2.75, 3.05) is 15.1 Å². The van der Waals surface area contributed by atoms with E-state index in [0.717, 1.165) is 0 Å². The van der Waals surface area contributed by atoms with Gasteiger partial charge in [-0.2, -0.15) is 0 Å². The van der Waals surface area contributed by atoms with E-state index < -0.39 is 10.4 Å². The highest BCUT2D eigenvalue weighted by Gasteiger charge is 2.55. The standard InChI is InChI=1S/C23H20N2S/c1-26(23-14-6-3-7-15-23)24(21-12-4-2-5-13-21)25(26)22-17-16-19-10-8-9-11-20(19)18-22/h2-18H,1H3. The van der Waals surface area contributed by atoms with Gasteiger partial charge in [-0.25, -0.2) is 8.83 Å². The number of hydrogen-bond donors (Lipinski definition) is 0. The van der Waals surface area contributed by atoms with E-state index in [2.05, 4.69) is 118 Å². The second-order valence-corrected chi connectivity index (χ2v) is 9.39. The number of para-hydroxylation sites is 1. The largest absolute Gasteiger partial charge is 0.213 e. The van der Waals surface area contributed by atoms with E-state index in [4.69, 9.17) is 0 Å². The number of nitrogens with zero attached hydrogens (tertiary/aromatic N) is 2. The maximum Gasteiger partial charge on any atom is 0.0723 e. The fraction of sp³-hybridized carbons (Fsp3) is 0.0435. The molecule has 1 aliphatic heterocycles. The summed E-state index contributed by atoms with van der Waals surface area (Å²) in [5.41, 5.74) is 2.48. The number of benzene rings is 4. The molecule has 0 amide bonds. The summed E-state index contributed by atoms with van der Waals surface area (Å²) in [6.45, 7) is 0. The molecule has 1 aliphatic rings.